The Morgan fingerprint density at radius 2 is 1.72 bits per heavy atom. The first-order valence-corrected chi connectivity index (χ1v) is 5.71. The van der Waals surface area contributed by atoms with E-state index >= 15 is 0 Å². The summed E-state index contributed by atoms with van der Waals surface area (Å²) < 4.78 is 5.04. The van der Waals surface area contributed by atoms with E-state index in [-0.39, 0.29) is 24.6 Å². The third-order valence-corrected chi connectivity index (χ3v) is 2.49. The van der Waals surface area contributed by atoms with Crippen LogP contribution in [0.4, 0.5) is 0 Å². The van der Waals surface area contributed by atoms with Crippen LogP contribution in [-0.4, -0.2) is 17.5 Å². The number of esters is 1. The minimum Gasteiger partial charge on any atom is -0.460 e. The van der Waals surface area contributed by atoms with Crippen molar-refractivity contribution in [2.75, 3.05) is 0 Å². The predicted octanol–water partition coefficient (Wildman–Crippen LogP) is 1.91. The molecule has 0 saturated carbocycles. The van der Waals surface area contributed by atoms with Crippen molar-refractivity contribution in [1.82, 2.24) is 0 Å². The van der Waals surface area contributed by atoms with Gasteiger partial charge in [0.05, 0.1) is 0 Å². The Kier molecular flexibility index (Phi) is 5.24. The van der Waals surface area contributed by atoms with E-state index in [1.165, 1.54) is 13.8 Å². The van der Waals surface area contributed by atoms with Crippen LogP contribution in [0.15, 0.2) is 30.3 Å². The molecule has 0 spiro atoms. The lowest BCUT2D eigenvalue weighted by molar-refractivity contribution is -0.154. The fourth-order valence-corrected chi connectivity index (χ4v) is 1.51. The van der Waals surface area contributed by atoms with Crippen LogP contribution in [0.5, 0.6) is 0 Å². The van der Waals surface area contributed by atoms with E-state index in [9.17, 15) is 14.4 Å². The van der Waals surface area contributed by atoms with Crippen molar-refractivity contribution in [3.8, 4) is 0 Å². The molecule has 0 fully saturated rings. The molecule has 1 unspecified atom stereocenters. The standard InChI is InChI=1S/C14H16O4/c1-10(15)8-13(11(2)16)14(17)18-9-12-6-4-3-5-7-12/h3-7,13H,8-9H2,1-2H3. The summed E-state index contributed by atoms with van der Waals surface area (Å²) in [6.07, 6.45) is -0.0943. The van der Waals surface area contributed by atoms with Crippen LogP contribution in [0.1, 0.15) is 25.8 Å². The molecule has 0 aromatic heterocycles. The second-order valence-corrected chi connectivity index (χ2v) is 4.16. The molecular weight excluding hydrogens is 232 g/mol. The maximum absolute atomic E-state index is 11.7. The molecule has 0 radical (unpaired) electrons. The topological polar surface area (TPSA) is 60.4 Å². The summed E-state index contributed by atoms with van der Waals surface area (Å²) in [6.45, 7) is 2.75. The molecular formula is C14H16O4. The quantitative estimate of drug-likeness (QED) is 0.570. The van der Waals surface area contributed by atoms with E-state index in [2.05, 4.69) is 0 Å². The molecule has 96 valence electrons. The molecule has 0 amide bonds. The number of Topliss-reactive ketones (excluding diaryl/α,β-unsaturated/α-hetero) is 2. The molecule has 4 nitrogen and oxygen atoms in total. The molecule has 0 N–H and O–H groups in total. The highest BCUT2D eigenvalue weighted by Gasteiger charge is 2.26. The van der Waals surface area contributed by atoms with Crippen molar-refractivity contribution in [3.63, 3.8) is 0 Å². The molecule has 0 saturated heterocycles. The van der Waals surface area contributed by atoms with Gasteiger partial charge >= 0.3 is 5.97 Å². The third-order valence-electron chi connectivity index (χ3n) is 2.49. The first-order chi connectivity index (χ1) is 8.50. The molecule has 0 aliphatic heterocycles. The summed E-state index contributed by atoms with van der Waals surface area (Å²) >= 11 is 0. The Morgan fingerprint density at radius 1 is 1.11 bits per heavy atom. The smallest absolute Gasteiger partial charge is 0.317 e. The molecule has 0 bridgehead atoms. The second kappa shape index (κ2) is 6.69. The van der Waals surface area contributed by atoms with Gasteiger partial charge in [-0.25, -0.2) is 0 Å². The fraction of sp³-hybridized carbons (Fsp3) is 0.357. The zero-order valence-corrected chi connectivity index (χ0v) is 10.5. The van der Waals surface area contributed by atoms with Gasteiger partial charge in [-0.05, 0) is 19.4 Å². The monoisotopic (exact) mass is 248 g/mol. The van der Waals surface area contributed by atoms with Crippen LogP contribution in [0.3, 0.4) is 0 Å². The number of carbonyl (C=O) groups excluding carboxylic acids is 3. The minimum atomic E-state index is -0.980. The lowest BCUT2D eigenvalue weighted by Gasteiger charge is -2.11. The van der Waals surface area contributed by atoms with Gasteiger partial charge in [0.15, 0.2) is 0 Å². The molecule has 0 heterocycles. The van der Waals surface area contributed by atoms with Crippen LogP contribution < -0.4 is 0 Å². The van der Waals surface area contributed by atoms with Crippen LogP contribution in [-0.2, 0) is 25.7 Å². The number of carbonyl (C=O) groups is 3. The highest BCUT2D eigenvalue weighted by molar-refractivity contribution is 6.01. The van der Waals surface area contributed by atoms with Crippen LogP contribution >= 0.6 is 0 Å². The van der Waals surface area contributed by atoms with E-state index in [4.69, 9.17) is 4.74 Å². The van der Waals surface area contributed by atoms with Crippen LogP contribution in [0, 0.1) is 5.92 Å². The molecule has 0 aliphatic carbocycles. The minimum absolute atomic E-state index is 0.0943. The lowest BCUT2D eigenvalue weighted by Crippen LogP contribution is -2.26. The lowest BCUT2D eigenvalue weighted by atomic mass is 9.99. The summed E-state index contributed by atoms with van der Waals surface area (Å²) in [6, 6.07) is 9.17. The van der Waals surface area contributed by atoms with Crippen molar-refractivity contribution in [3.05, 3.63) is 35.9 Å². The van der Waals surface area contributed by atoms with E-state index in [0.717, 1.165) is 5.56 Å². The Labute approximate surface area is 106 Å². The maximum Gasteiger partial charge on any atom is 0.317 e. The van der Waals surface area contributed by atoms with Crippen molar-refractivity contribution < 1.29 is 19.1 Å². The van der Waals surface area contributed by atoms with Gasteiger partial charge in [-0.2, -0.15) is 0 Å². The normalized spacial score (nSPS) is 11.7. The number of rotatable bonds is 6. The molecule has 1 aromatic carbocycles. The predicted molar refractivity (Wildman–Crippen MR) is 65.7 cm³/mol. The van der Waals surface area contributed by atoms with E-state index in [1.807, 2.05) is 30.3 Å². The first kappa shape index (κ1) is 14.1. The number of hydrogen-bond donors (Lipinski definition) is 0. The summed E-state index contributed by atoms with van der Waals surface area (Å²) in [4.78, 5) is 34.0. The highest BCUT2D eigenvalue weighted by Crippen LogP contribution is 2.10. The Morgan fingerprint density at radius 3 is 2.22 bits per heavy atom. The summed E-state index contributed by atoms with van der Waals surface area (Å²) in [7, 11) is 0. The van der Waals surface area contributed by atoms with Gasteiger partial charge in [0.1, 0.15) is 24.1 Å². The molecule has 1 atom stereocenters. The van der Waals surface area contributed by atoms with Crippen molar-refractivity contribution >= 4 is 17.5 Å². The average Bonchev–Trinajstić information content (AvgIpc) is 2.34. The SMILES string of the molecule is CC(=O)CC(C(C)=O)C(=O)OCc1ccccc1. The summed E-state index contributed by atoms with van der Waals surface area (Å²) in [5.41, 5.74) is 0.843. The zero-order valence-electron chi connectivity index (χ0n) is 10.5. The molecule has 4 heteroatoms. The zero-order chi connectivity index (χ0) is 13.5. The van der Waals surface area contributed by atoms with Crippen molar-refractivity contribution in [2.45, 2.75) is 26.9 Å². The van der Waals surface area contributed by atoms with Gasteiger partial charge in [0, 0.05) is 6.42 Å². The summed E-state index contributed by atoms with van der Waals surface area (Å²) in [5.74, 6) is -2.16. The fourth-order valence-electron chi connectivity index (χ4n) is 1.51. The Balaban J connectivity index is 2.57. The Hall–Kier alpha value is -1.97. The third kappa shape index (κ3) is 4.49. The van der Waals surface area contributed by atoms with E-state index in [1.54, 1.807) is 0 Å². The average molecular weight is 248 g/mol. The summed E-state index contributed by atoms with van der Waals surface area (Å²) in [5, 5.41) is 0. The first-order valence-electron chi connectivity index (χ1n) is 5.71. The maximum atomic E-state index is 11.7. The number of benzene rings is 1. The molecule has 1 aromatic rings. The van der Waals surface area contributed by atoms with Crippen molar-refractivity contribution in [2.24, 2.45) is 5.92 Å². The van der Waals surface area contributed by atoms with E-state index in [0.29, 0.717) is 0 Å². The molecule has 0 aliphatic rings. The van der Waals surface area contributed by atoms with Crippen molar-refractivity contribution in [1.29, 1.82) is 0 Å². The van der Waals surface area contributed by atoms with E-state index < -0.39 is 11.9 Å². The Bertz CT molecular complexity index is 436. The largest absolute Gasteiger partial charge is 0.460 e. The second-order valence-electron chi connectivity index (χ2n) is 4.16. The van der Waals surface area contributed by atoms with Crippen LogP contribution in [0.25, 0.3) is 0 Å². The van der Waals surface area contributed by atoms with Gasteiger partial charge in [-0.15, -0.1) is 0 Å². The van der Waals surface area contributed by atoms with Gasteiger partial charge in [0.2, 0.25) is 0 Å². The van der Waals surface area contributed by atoms with Crippen LogP contribution in [0.2, 0.25) is 0 Å². The number of ether oxygens (including phenoxy) is 1. The van der Waals surface area contributed by atoms with Gasteiger partial charge < -0.3 is 4.74 Å². The van der Waals surface area contributed by atoms with Gasteiger partial charge in [-0.3, -0.25) is 14.4 Å². The molecule has 1 rings (SSSR count). The number of hydrogen-bond acceptors (Lipinski definition) is 4. The van der Waals surface area contributed by atoms with Gasteiger partial charge in [0.25, 0.3) is 0 Å². The highest BCUT2D eigenvalue weighted by atomic mass is 16.5. The molecule has 18 heavy (non-hydrogen) atoms. The van der Waals surface area contributed by atoms with Gasteiger partial charge in [-0.1, -0.05) is 30.3 Å². The number of ketones is 2.